The molecule has 0 aliphatic carbocycles. The average molecular weight is 394 g/mol. The third kappa shape index (κ3) is 4.15. The van der Waals surface area contributed by atoms with Gasteiger partial charge in [0.1, 0.15) is 11.1 Å². The van der Waals surface area contributed by atoms with E-state index in [9.17, 15) is 4.79 Å². The number of nitrogens with zero attached hydrogens (tertiary/aromatic N) is 8. The number of ether oxygens (including phenoxy) is 1. The van der Waals surface area contributed by atoms with E-state index in [1.165, 1.54) is 0 Å². The number of imidazole rings is 1. The number of azide groups is 1. The van der Waals surface area contributed by atoms with Crippen LogP contribution in [-0.4, -0.2) is 54.7 Å². The van der Waals surface area contributed by atoms with Gasteiger partial charge in [-0.25, -0.2) is 9.78 Å². The number of nitrogen functional groups attached to an aromatic ring is 1. The molecule has 27 heavy (non-hydrogen) atoms. The highest BCUT2D eigenvalue weighted by atomic mass is 35.5. The normalized spacial score (nSPS) is 19.9. The van der Waals surface area contributed by atoms with Gasteiger partial charge in [-0.2, -0.15) is 9.97 Å². The fourth-order valence-electron chi connectivity index (χ4n) is 3.05. The van der Waals surface area contributed by atoms with Crippen molar-refractivity contribution in [2.75, 3.05) is 12.3 Å². The number of hydrogen-bond donors (Lipinski definition) is 1. The zero-order valence-corrected chi connectivity index (χ0v) is 16.0. The number of likely N-dealkylation sites (tertiary alicyclic amines) is 1. The number of fused-ring (bicyclic) bond motifs is 1. The molecule has 2 aromatic rings. The number of amides is 1. The summed E-state index contributed by atoms with van der Waals surface area (Å²) in [6, 6.07) is -0.590. The number of nitrogens with two attached hydrogens (primary N) is 1. The Balaban J connectivity index is 1.88. The fourth-order valence-corrected chi connectivity index (χ4v) is 3.27. The van der Waals surface area contributed by atoms with E-state index in [-0.39, 0.29) is 29.7 Å². The van der Waals surface area contributed by atoms with E-state index in [2.05, 4.69) is 25.0 Å². The minimum absolute atomic E-state index is 0.0385. The van der Waals surface area contributed by atoms with Gasteiger partial charge < -0.3 is 19.9 Å². The van der Waals surface area contributed by atoms with Crippen molar-refractivity contribution in [2.45, 2.75) is 51.4 Å². The number of aromatic nitrogens is 4. The van der Waals surface area contributed by atoms with Crippen LogP contribution in [0.2, 0.25) is 5.15 Å². The van der Waals surface area contributed by atoms with E-state index in [0.29, 0.717) is 24.1 Å². The SMILES string of the molecule is CC(C)(C)OC(=O)N1C[C@@H](N=[N+]=[N-])C[C@@H]1Cn1cnc2c(Cl)nc(N)nc21. The molecule has 2 N–H and O–H groups in total. The molecule has 3 heterocycles. The maximum absolute atomic E-state index is 12.6. The van der Waals surface area contributed by atoms with E-state index < -0.39 is 11.7 Å². The average Bonchev–Trinajstić information content (AvgIpc) is 3.11. The van der Waals surface area contributed by atoms with Gasteiger partial charge in [0.2, 0.25) is 5.95 Å². The van der Waals surface area contributed by atoms with Crippen molar-refractivity contribution in [3.05, 3.63) is 21.9 Å². The van der Waals surface area contributed by atoms with Crippen molar-refractivity contribution in [1.29, 1.82) is 0 Å². The summed E-state index contributed by atoms with van der Waals surface area (Å²) in [5.41, 5.74) is 14.7. The molecule has 0 unspecified atom stereocenters. The first-order valence-corrected chi connectivity index (χ1v) is 8.73. The molecular formula is C15H20ClN9O2. The molecule has 0 bridgehead atoms. The largest absolute Gasteiger partial charge is 0.444 e. The van der Waals surface area contributed by atoms with E-state index in [1.54, 1.807) is 36.6 Å². The highest BCUT2D eigenvalue weighted by Gasteiger charge is 2.37. The van der Waals surface area contributed by atoms with Crippen LogP contribution in [-0.2, 0) is 11.3 Å². The van der Waals surface area contributed by atoms with Gasteiger partial charge in [-0.3, -0.25) is 0 Å². The molecule has 2 aromatic heterocycles. The van der Waals surface area contributed by atoms with Crippen LogP contribution in [0.4, 0.5) is 10.7 Å². The van der Waals surface area contributed by atoms with Crippen molar-refractivity contribution >= 4 is 34.8 Å². The monoisotopic (exact) mass is 393 g/mol. The molecule has 1 aliphatic rings. The predicted molar refractivity (Wildman–Crippen MR) is 99.0 cm³/mol. The molecule has 0 saturated carbocycles. The summed E-state index contributed by atoms with van der Waals surface area (Å²) in [5, 5.41) is 3.93. The number of carbonyl (C=O) groups is 1. The Hall–Kier alpha value is -2.78. The van der Waals surface area contributed by atoms with Crippen LogP contribution < -0.4 is 5.73 Å². The van der Waals surface area contributed by atoms with Crippen LogP contribution in [0.3, 0.4) is 0 Å². The summed E-state index contributed by atoms with van der Waals surface area (Å²) in [6.07, 6.45) is 1.61. The summed E-state index contributed by atoms with van der Waals surface area (Å²) >= 11 is 6.06. The van der Waals surface area contributed by atoms with Crippen molar-refractivity contribution in [3.63, 3.8) is 0 Å². The van der Waals surface area contributed by atoms with E-state index in [0.717, 1.165) is 0 Å². The Morgan fingerprint density at radius 1 is 1.52 bits per heavy atom. The van der Waals surface area contributed by atoms with Gasteiger partial charge in [0.15, 0.2) is 10.8 Å². The van der Waals surface area contributed by atoms with Gasteiger partial charge in [0, 0.05) is 18.0 Å². The maximum atomic E-state index is 12.6. The lowest BCUT2D eigenvalue weighted by Gasteiger charge is -2.28. The predicted octanol–water partition coefficient (Wildman–Crippen LogP) is 2.75. The molecule has 144 valence electrons. The molecule has 12 heteroatoms. The lowest BCUT2D eigenvalue weighted by atomic mass is 10.2. The summed E-state index contributed by atoms with van der Waals surface area (Å²) in [7, 11) is 0. The van der Waals surface area contributed by atoms with Crippen LogP contribution in [0.1, 0.15) is 27.2 Å². The summed E-state index contributed by atoms with van der Waals surface area (Å²) in [5.74, 6) is 0.0385. The Bertz CT molecular complexity index is 916. The van der Waals surface area contributed by atoms with Crippen molar-refractivity contribution < 1.29 is 9.53 Å². The Morgan fingerprint density at radius 3 is 2.93 bits per heavy atom. The molecule has 0 radical (unpaired) electrons. The second-order valence-corrected chi connectivity index (χ2v) is 7.68. The van der Waals surface area contributed by atoms with Crippen LogP contribution in [0.25, 0.3) is 21.6 Å². The van der Waals surface area contributed by atoms with Crippen molar-refractivity contribution in [1.82, 2.24) is 24.4 Å². The first-order chi connectivity index (χ1) is 12.7. The topological polar surface area (TPSA) is 148 Å². The van der Waals surface area contributed by atoms with Gasteiger partial charge in [-0.15, -0.1) is 0 Å². The van der Waals surface area contributed by atoms with Gasteiger partial charge in [0.05, 0.1) is 18.4 Å². The third-order valence-electron chi connectivity index (χ3n) is 4.08. The van der Waals surface area contributed by atoms with Gasteiger partial charge in [-0.1, -0.05) is 16.7 Å². The smallest absolute Gasteiger partial charge is 0.410 e. The lowest BCUT2D eigenvalue weighted by Crippen LogP contribution is -2.41. The van der Waals surface area contributed by atoms with Crippen LogP contribution >= 0.6 is 11.6 Å². The van der Waals surface area contributed by atoms with Gasteiger partial charge >= 0.3 is 6.09 Å². The molecular weight excluding hydrogens is 374 g/mol. The number of hydrogen-bond acceptors (Lipinski definition) is 7. The highest BCUT2D eigenvalue weighted by Crippen LogP contribution is 2.26. The second kappa shape index (κ2) is 7.09. The summed E-state index contributed by atoms with van der Waals surface area (Å²) in [6.45, 7) is 6.05. The standard InChI is InChI=1S/C15H20ClN9O2/c1-15(2,3)27-14(26)25-5-8(22-23-18)4-9(25)6-24-7-19-10-11(16)20-13(17)21-12(10)24/h7-9H,4-6H2,1-3H3,(H2,17,20,21)/t8-,9+/m0/s1. The van der Waals surface area contributed by atoms with Crippen molar-refractivity contribution in [3.8, 4) is 0 Å². The molecule has 0 spiro atoms. The maximum Gasteiger partial charge on any atom is 0.410 e. The molecule has 1 amide bonds. The van der Waals surface area contributed by atoms with Crippen LogP contribution in [0, 0.1) is 0 Å². The zero-order valence-electron chi connectivity index (χ0n) is 15.2. The summed E-state index contributed by atoms with van der Waals surface area (Å²) < 4.78 is 7.23. The van der Waals surface area contributed by atoms with Crippen LogP contribution in [0.15, 0.2) is 11.4 Å². The second-order valence-electron chi connectivity index (χ2n) is 7.32. The number of rotatable bonds is 3. The minimum atomic E-state index is -0.630. The number of halogens is 1. The van der Waals surface area contributed by atoms with Gasteiger partial charge in [-0.05, 0) is 32.7 Å². The zero-order chi connectivity index (χ0) is 19.8. The number of anilines is 1. The third-order valence-corrected chi connectivity index (χ3v) is 4.34. The highest BCUT2D eigenvalue weighted by molar-refractivity contribution is 6.33. The van der Waals surface area contributed by atoms with E-state index in [4.69, 9.17) is 27.6 Å². The Labute approximate surface area is 160 Å². The quantitative estimate of drug-likeness (QED) is 0.366. The minimum Gasteiger partial charge on any atom is -0.444 e. The molecule has 11 nitrogen and oxygen atoms in total. The number of carbonyl (C=O) groups excluding carboxylic acids is 1. The van der Waals surface area contributed by atoms with Gasteiger partial charge in [0.25, 0.3) is 0 Å². The molecule has 2 atom stereocenters. The molecule has 1 aliphatic heterocycles. The Kier molecular flexibility index (Phi) is 4.99. The van der Waals surface area contributed by atoms with E-state index in [1.807, 2.05) is 0 Å². The van der Waals surface area contributed by atoms with Crippen LogP contribution in [0.5, 0.6) is 0 Å². The van der Waals surface area contributed by atoms with Crippen molar-refractivity contribution in [2.24, 2.45) is 5.11 Å². The molecule has 0 aromatic carbocycles. The Morgan fingerprint density at radius 2 is 2.26 bits per heavy atom. The lowest BCUT2D eigenvalue weighted by molar-refractivity contribution is 0.0213. The fraction of sp³-hybridized carbons (Fsp3) is 0.600. The summed E-state index contributed by atoms with van der Waals surface area (Å²) in [4.78, 5) is 29.3. The molecule has 1 saturated heterocycles. The molecule has 3 rings (SSSR count). The molecule has 1 fully saturated rings. The first kappa shape index (κ1) is 19.0. The van der Waals surface area contributed by atoms with E-state index >= 15 is 0 Å². The first-order valence-electron chi connectivity index (χ1n) is 8.35.